The van der Waals surface area contributed by atoms with Gasteiger partial charge in [0.1, 0.15) is 13.1 Å². The SMILES string of the molecule is CCN1C(=CC=CC2=[N+](CC)c3ccc4ccccc4c3C2(C)Cc2ccc(CC3(C)C(C=CC=C4N(CC)c5ccc6ccccc6c5C4(C)Cc4ccccc4)=[N+](CC)c4ccc5ccccc5c43)cc2)C(C)(Cc2ccccc2)c2c1ccc1ccccc21. The molecule has 4 aliphatic rings. The Labute approximate surface area is 544 Å². The molecule has 0 saturated heterocycles. The molecule has 0 aliphatic carbocycles. The third kappa shape index (κ3) is 9.37. The molecule has 92 heavy (non-hydrogen) atoms. The predicted octanol–water partition coefficient (Wildman–Crippen LogP) is 20.5. The Morgan fingerprint density at radius 2 is 0.620 bits per heavy atom. The molecule has 11 aromatic carbocycles. The fourth-order valence-corrected chi connectivity index (χ4v) is 17.7. The molecule has 0 radical (unpaired) electrons. The van der Waals surface area contributed by atoms with Crippen LogP contribution in [0.2, 0.25) is 0 Å². The van der Waals surface area contributed by atoms with Crippen molar-refractivity contribution < 1.29 is 9.15 Å². The van der Waals surface area contributed by atoms with Crippen molar-refractivity contribution in [1.29, 1.82) is 0 Å². The number of fused-ring (bicyclic) bond motifs is 12. The van der Waals surface area contributed by atoms with Gasteiger partial charge in [-0.05, 0) is 194 Å². The van der Waals surface area contributed by atoms with Crippen LogP contribution in [0.3, 0.4) is 0 Å². The summed E-state index contributed by atoms with van der Waals surface area (Å²) in [4.78, 5) is 5.16. The number of hydrogen-bond donors (Lipinski definition) is 0. The normalized spacial score (nSPS) is 21.8. The minimum Gasteiger partial charge on any atom is -0.344 e. The van der Waals surface area contributed by atoms with Crippen LogP contribution in [-0.4, -0.2) is 46.8 Å². The van der Waals surface area contributed by atoms with Gasteiger partial charge in [-0.1, -0.05) is 206 Å². The summed E-state index contributed by atoms with van der Waals surface area (Å²) in [5, 5.41) is 10.5. The molecule has 4 atom stereocenters. The van der Waals surface area contributed by atoms with Gasteiger partial charge in [-0.15, -0.1) is 0 Å². The summed E-state index contributed by atoms with van der Waals surface area (Å²) in [6, 6.07) is 86.8. The van der Waals surface area contributed by atoms with E-state index in [1.54, 1.807) is 0 Å². The van der Waals surface area contributed by atoms with E-state index < -0.39 is 0 Å². The lowest BCUT2D eigenvalue weighted by Gasteiger charge is -2.30. The lowest BCUT2D eigenvalue weighted by Crippen LogP contribution is -2.34. The Morgan fingerprint density at radius 1 is 0.315 bits per heavy atom. The fourth-order valence-electron chi connectivity index (χ4n) is 17.7. The molecular formula is C88H84N4+2. The first kappa shape index (κ1) is 58.7. The van der Waals surface area contributed by atoms with Crippen LogP contribution in [0.4, 0.5) is 22.7 Å². The van der Waals surface area contributed by atoms with Crippen LogP contribution in [0.1, 0.15) is 99.9 Å². The molecule has 4 unspecified atom stereocenters. The average molecular weight is 1200 g/mol. The number of benzene rings is 11. The van der Waals surface area contributed by atoms with Crippen molar-refractivity contribution in [3.63, 3.8) is 0 Å². The largest absolute Gasteiger partial charge is 0.344 e. The topological polar surface area (TPSA) is 12.5 Å². The van der Waals surface area contributed by atoms with Crippen LogP contribution in [0, 0.1) is 0 Å². The van der Waals surface area contributed by atoms with Crippen LogP contribution < -0.4 is 9.80 Å². The van der Waals surface area contributed by atoms with Crippen LogP contribution in [0.5, 0.6) is 0 Å². The molecule has 0 spiro atoms. The number of likely N-dealkylation sites (N-methyl/N-ethyl adjacent to an activating group) is 2. The third-order valence-electron chi connectivity index (χ3n) is 21.6. The van der Waals surface area contributed by atoms with Gasteiger partial charge in [0.05, 0.1) is 10.8 Å². The average Bonchev–Trinajstić information content (AvgIpc) is 1.59. The number of hydrogen-bond acceptors (Lipinski definition) is 2. The van der Waals surface area contributed by atoms with Crippen molar-refractivity contribution in [2.24, 2.45) is 0 Å². The second-order valence-corrected chi connectivity index (χ2v) is 27.1. The zero-order valence-electron chi connectivity index (χ0n) is 54.8. The van der Waals surface area contributed by atoms with E-state index >= 15 is 0 Å². The molecular weight excluding hydrogens is 1110 g/mol. The van der Waals surface area contributed by atoms with Gasteiger partial charge >= 0.3 is 0 Å². The fraction of sp³-hybridized carbons (Fsp3) is 0.227. The quantitative estimate of drug-likeness (QED) is 0.0894. The maximum absolute atomic E-state index is 2.60. The molecule has 4 nitrogen and oxygen atoms in total. The van der Waals surface area contributed by atoms with Crippen LogP contribution >= 0.6 is 0 Å². The van der Waals surface area contributed by atoms with Gasteiger partial charge in [-0.25, -0.2) is 0 Å². The molecule has 0 bridgehead atoms. The Hall–Kier alpha value is -9.64. The summed E-state index contributed by atoms with van der Waals surface area (Å²) in [6.45, 7) is 22.7. The number of rotatable bonds is 16. The Kier molecular flexibility index (Phi) is 14.8. The van der Waals surface area contributed by atoms with Gasteiger partial charge in [0.15, 0.2) is 11.4 Å². The number of nitrogens with zero attached hydrogens (tertiary/aromatic N) is 4. The van der Waals surface area contributed by atoms with Crippen LogP contribution in [0.15, 0.2) is 278 Å². The van der Waals surface area contributed by atoms with Crippen molar-refractivity contribution in [2.75, 3.05) is 36.0 Å². The molecule has 11 aromatic rings. The number of anilines is 2. The first-order valence-corrected chi connectivity index (χ1v) is 33.8. The monoisotopic (exact) mass is 1200 g/mol. The van der Waals surface area contributed by atoms with E-state index in [0.717, 1.165) is 51.9 Å². The predicted molar refractivity (Wildman–Crippen MR) is 391 cm³/mol. The van der Waals surface area contributed by atoms with Crippen molar-refractivity contribution in [3.05, 3.63) is 323 Å². The first-order valence-electron chi connectivity index (χ1n) is 33.8. The molecule has 454 valence electrons. The third-order valence-corrected chi connectivity index (χ3v) is 21.6. The van der Waals surface area contributed by atoms with Gasteiger partial charge in [-0.2, -0.15) is 9.15 Å². The van der Waals surface area contributed by atoms with E-state index in [1.165, 1.54) is 133 Å². The molecule has 4 aliphatic heterocycles. The molecule has 0 aromatic heterocycles. The van der Waals surface area contributed by atoms with Gasteiger partial charge in [-0.3, -0.25) is 0 Å². The highest BCUT2D eigenvalue weighted by Gasteiger charge is 2.51. The Morgan fingerprint density at radius 3 is 0.967 bits per heavy atom. The summed E-state index contributed by atoms with van der Waals surface area (Å²) in [5.74, 6) is 0. The van der Waals surface area contributed by atoms with E-state index in [1.807, 2.05) is 0 Å². The minimum atomic E-state index is -0.342. The van der Waals surface area contributed by atoms with Gasteiger partial charge in [0.2, 0.25) is 11.4 Å². The minimum absolute atomic E-state index is 0.265. The summed E-state index contributed by atoms with van der Waals surface area (Å²) >= 11 is 0. The van der Waals surface area contributed by atoms with E-state index in [4.69, 9.17) is 0 Å². The second-order valence-electron chi connectivity index (χ2n) is 27.1. The molecule has 0 saturated carbocycles. The lowest BCUT2D eigenvalue weighted by atomic mass is 9.71. The molecule has 4 heterocycles. The van der Waals surface area contributed by atoms with E-state index in [2.05, 4.69) is 341 Å². The summed E-state index contributed by atoms with van der Waals surface area (Å²) in [6.07, 6.45) is 18.2. The highest BCUT2D eigenvalue weighted by atomic mass is 15.2. The van der Waals surface area contributed by atoms with Gasteiger partial charge < -0.3 is 9.80 Å². The zero-order valence-corrected chi connectivity index (χ0v) is 54.8. The molecule has 0 amide bonds. The van der Waals surface area contributed by atoms with Gasteiger partial charge in [0, 0.05) is 82.1 Å². The maximum Gasteiger partial charge on any atom is 0.210 e. The second kappa shape index (κ2) is 23.2. The lowest BCUT2D eigenvalue weighted by molar-refractivity contribution is -0.433. The molecule has 15 rings (SSSR count). The Balaban J connectivity index is 0.802. The van der Waals surface area contributed by atoms with Crippen LogP contribution in [-0.2, 0) is 47.3 Å². The van der Waals surface area contributed by atoms with Crippen molar-refractivity contribution in [2.45, 2.75) is 103 Å². The number of allylic oxidation sites excluding steroid dienone is 8. The van der Waals surface area contributed by atoms with E-state index in [-0.39, 0.29) is 21.7 Å². The standard InChI is InChI=1S/C88H84N4/c1-9-89-73-53-49-65-33-19-23-37-69(65)81(73)85(5,57-61-29-15-13-16-30-61)77(89)41-27-43-79-87(7,83-71-39-25-21-35-67(71)51-55-75(83)91(79)11-3)59-63-45-47-64(48-46-63)60-88(8)80(92(12-4)76-56-52-68-36-22-26-40-72(68)84(76)88)44-28-42-78-86(6,58-62-31-17-14-18-32-62)82-70-38-24-20-34-66(70)50-54-74(82)90(78)10-2/h13-56H,9-12,57-60H2,1-8H3/q+2. The molecule has 4 heteroatoms. The van der Waals surface area contributed by atoms with Gasteiger partial charge in [0.25, 0.3) is 0 Å². The van der Waals surface area contributed by atoms with Crippen molar-refractivity contribution >= 4 is 77.3 Å². The molecule has 0 fully saturated rings. The van der Waals surface area contributed by atoms with Crippen LogP contribution in [0.25, 0.3) is 43.1 Å². The van der Waals surface area contributed by atoms with E-state index in [9.17, 15) is 0 Å². The summed E-state index contributed by atoms with van der Waals surface area (Å²) in [7, 11) is 0. The smallest absolute Gasteiger partial charge is 0.210 e. The zero-order chi connectivity index (χ0) is 62.9. The van der Waals surface area contributed by atoms with Crippen molar-refractivity contribution in [1.82, 2.24) is 0 Å². The summed E-state index contributed by atoms with van der Waals surface area (Å²) < 4.78 is 5.20. The summed E-state index contributed by atoms with van der Waals surface area (Å²) in [5.41, 5.74) is 20.4. The Bertz CT molecular complexity index is 4610. The molecule has 0 N–H and O–H groups in total. The highest BCUT2D eigenvalue weighted by molar-refractivity contribution is 6.10. The van der Waals surface area contributed by atoms with Crippen molar-refractivity contribution in [3.8, 4) is 0 Å². The van der Waals surface area contributed by atoms with E-state index in [0.29, 0.717) is 0 Å². The first-order chi connectivity index (χ1) is 44.9. The highest BCUT2D eigenvalue weighted by Crippen LogP contribution is 2.55. The maximum atomic E-state index is 2.60.